The van der Waals surface area contributed by atoms with Gasteiger partial charge in [0.15, 0.2) is 0 Å². The van der Waals surface area contributed by atoms with E-state index in [1.165, 1.54) is 11.3 Å². The van der Waals surface area contributed by atoms with Gasteiger partial charge < -0.3 is 15.5 Å². The van der Waals surface area contributed by atoms with E-state index in [0.717, 1.165) is 0 Å². The summed E-state index contributed by atoms with van der Waals surface area (Å²) in [5.41, 5.74) is 0.596. The van der Waals surface area contributed by atoms with Gasteiger partial charge in [0.05, 0.1) is 4.88 Å². The fraction of sp³-hybridized carbons (Fsp3) is 0.458. The van der Waals surface area contributed by atoms with Gasteiger partial charge in [-0.1, -0.05) is 31.5 Å². The number of likely N-dealkylation sites (tertiary alicyclic amines) is 1. The molecule has 0 aliphatic carbocycles. The fourth-order valence-electron chi connectivity index (χ4n) is 3.71. The van der Waals surface area contributed by atoms with Crippen molar-refractivity contribution in [2.45, 2.75) is 45.7 Å². The van der Waals surface area contributed by atoms with Crippen LogP contribution in [0.3, 0.4) is 0 Å². The average Bonchev–Trinajstić information content (AvgIpc) is 3.32. The van der Waals surface area contributed by atoms with E-state index in [-0.39, 0.29) is 35.6 Å². The lowest BCUT2D eigenvalue weighted by Gasteiger charge is -2.36. The molecule has 2 aromatic rings. The Morgan fingerprint density at radius 1 is 1.03 bits per heavy atom. The number of nitrogens with one attached hydrogen (secondary N) is 2. The molecule has 0 spiro atoms. The van der Waals surface area contributed by atoms with Crippen molar-refractivity contribution in [1.82, 2.24) is 15.5 Å². The molecule has 3 amide bonds. The molecule has 2 N–H and O–H groups in total. The van der Waals surface area contributed by atoms with Gasteiger partial charge in [-0.25, -0.2) is 0 Å². The van der Waals surface area contributed by atoms with Gasteiger partial charge in [-0.2, -0.15) is 0 Å². The fourth-order valence-corrected chi connectivity index (χ4v) is 4.46. The molecule has 1 aliphatic rings. The lowest BCUT2D eigenvalue weighted by atomic mass is 9.88. The SMILES string of the molecule is CC(C)[C@@H](C)NC(=O)[C@H](NC(=O)c1cccs1)C1CCN(C(=O)c2ccc(Cl)cc2)CC1. The normalized spacial score (nSPS) is 16.5. The standard InChI is InChI=1S/C24H30ClN3O3S/c1-15(2)16(3)26-23(30)21(27-22(29)20-5-4-14-32-20)17-10-12-28(13-11-17)24(31)18-6-8-19(25)9-7-18/h4-9,14-17,21H,10-13H2,1-3H3,(H,26,30)(H,27,29)/t16-,21-/m1/s1. The Morgan fingerprint density at radius 3 is 2.25 bits per heavy atom. The number of carbonyl (C=O) groups is 3. The van der Waals surface area contributed by atoms with Crippen LogP contribution in [0.1, 0.15) is 53.6 Å². The van der Waals surface area contributed by atoms with Crippen molar-refractivity contribution in [3.05, 3.63) is 57.2 Å². The Bertz CT molecular complexity index is 922. The van der Waals surface area contributed by atoms with Crippen molar-refractivity contribution >= 4 is 40.7 Å². The Morgan fingerprint density at radius 2 is 1.69 bits per heavy atom. The molecule has 32 heavy (non-hydrogen) atoms. The van der Waals surface area contributed by atoms with Gasteiger partial charge >= 0.3 is 0 Å². The number of hydrogen-bond acceptors (Lipinski definition) is 4. The molecule has 0 bridgehead atoms. The van der Waals surface area contributed by atoms with Crippen LogP contribution in [0.15, 0.2) is 41.8 Å². The molecule has 2 atom stereocenters. The number of hydrogen-bond donors (Lipinski definition) is 2. The first-order chi connectivity index (χ1) is 15.3. The predicted molar refractivity (Wildman–Crippen MR) is 128 cm³/mol. The van der Waals surface area contributed by atoms with Gasteiger partial charge in [-0.15, -0.1) is 11.3 Å². The largest absolute Gasteiger partial charge is 0.352 e. The number of thiophene rings is 1. The summed E-state index contributed by atoms with van der Waals surface area (Å²) in [6, 6.07) is 9.78. The number of halogens is 1. The van der Waals surface area contributed by atoms with E-state index in [4.69, 9.17) is 11.6 Å². The van der Waals surface area contributed by atoms with E-state index in [1.54, 1.807) is 35.2 Å². The molecule has 8 heteroatoms. The van der Waals surface area contributed by atoms with Crippen LogP contribution in [0, 0.1) is 11.8 Å². The predicted octanol–water partition coefficient (Wildman–Crippen LogP) is 4.21. The van der Waals surface area contributed by atoms with Crippen LogP contribution in [0.25, 0.3) is 0 Å². The second-order valence-electron chi connectivity index (χ2n) is 8.61. The minimum absolute atomic E-state index is 0.00443. The molecule has 0 unspecified atom stereocenters. The molecular formula is C24H30ClN3O3S. The summed E-state index contributed by atoms with van der Waals surface area (Å²) in [7, 11) is 0. The summed E-state index contributed by atoms with van der Waals surface area (Å²) in [4.78, 5) is 41.0. The Balaban J connectivity index is 1.68. The minimum Gasteiger partial charge on any atom is -0.352 e. The van der Waals surface area contributed by atoms with Crippen LogP contribution >= 0.6 is 22.9 Å². The zero-order valence-electron chi connectivity index (χ0n) is 18.6. The second kappa shape index (κ2) is 11.0. The molecule has 1 saturated heterocycles. The molecule has 0 saturated carbocycles. The first-order valence-corrected chi connectivity index (χ1v) is 12.2. The number of amides is 3. The zero-order chi connectivity index (χ0) is 23.3. The molecule has 1 aromatic heterocycles. The zero-order valence-corrected chi connectivity index (χ0v) is 20.2. The summed E-state index contributed by atoms with van der Waals surface area (Å²) in [5, 5.41) is 8.43. The van der Waals surface area contributed by atoms with Crippen molar-refractivity contribution in [3.8, 4) is 0 Å². The van der Waals surface area contributed by atoms with Crippen LogP contribution < -0.4 is 10.6 Å². The molecule has 172 valence electrons. The van der Waals surface area contributed by atoms with Gasteiger partial charge in [0.1, 0.15) is 6.04 Å². The maximum absolute atomic E-state index is 13.1. The second-order valence-corrected chi connectivity index (χ2v) is 9.99. The van der Waals surface area contributed by atoms with Crippen LogP contribution in [0.2, 0.25) is 5.02 Å². The van der Waals surface area contributed by atoms with Gasteiger partial charge in [-0.05, 0) is 67.3 Å². The number of rotatable bonds is 7. The van der Waals surface area contributed by atoms with Crippen molar-refractivity contribution in [1.29, 1.82) is 0 Å². The molecule has 6 nitrogen and oxygen atoms in total. The Labute approximate surface area is 198 Å². The third kappa shape index (κ3) is 6.11. The minimum atomic E-state index is -0.640. The number of benzene rings is 1. The summed E-state index contributed by atoms with van der Waals surface area (Å²) in [5.74, 6) is -0.216. The third-order valence-electron chi connectivity index (χ3n) is 6.07. The molecule has 2 heterocycles. The van der Waals surface area contributed by atoms with Gasteiger partial charge in [-0.3, -0.25) is 14.4 Å². The molecule has 3 rings (SSSR count). The molecule has 0 radical (unpaired) electrons. The summed E-state index contributed by atoms with van der Waals surface area (Å²) >= 11 is 7.27. The molecule has 1 aliphatic heterocycles. The van der Waals surface area contributed by atoms with Crippen LogP contribution in [0.5, 0.6) is 0 Å². The number of piperidine rings is 1. The van der Waals surface area contributed by atoms with Gasteiger partial charge in [0.2, 0.25) is 5.91 Å². The first kappa shape index (κ1) is 24.3. The average molecular weight is 476 g/mol. The monoisotopic (exact) mass is 475 g/mol. The highest BCUT2D eigenvalue weighted by molar-refractivity contribution is 7.12. The van der Waals surface area contributed by atoms with E-state index in [1.807, 2.05) is 32.2 Å². The molecule has 1 aromatic carbocycles. The highest BCUT2D eigenvalue weighted by atomic mass is 35.5. The Kier molecular flexibility index (Phi) is 8.32. The molecular weight excluding hydrogens is 446 g/mol. The quantitative estimate of drug-likeness (QED) is 0.629. The van der Waals surface area contributed by atoms with Crippen molar-refractivity contribution in [2.24, 2.45) is 11.8 Å². The maximum Gasteiger partial charge on any atom is 0.262 e. The maximum atomic E-state index is 13.1. The summed E-state index contributed by atoms with van der Waals surface area (Å²) < 4.78 is 0. The van der Waals surface area contributed by atoms with Crippen molar-refractivity contribution < 1.29 is 14.4 Å². The van der Waals surface area contributed by atoms with E-state index >= 15 is 0 Å². The van der Waals surface area contributed by atoms with Crippen LogP contribution in [-0.2, 0) is 4.79 Å². The molecule has 1 fully saturated rings. The topological polar surface area (TPSA) is 78.5 Å². The van der Waals surface area contributed by atoms with Crippen LogP contribution in [-0.4, -0.2) is 47.8 Å². The summed E-state index contributed by atoms with van der Waals surface area (Å²) in [6.45, 7) is 7.12. The Hall–Kier alpha value is -2.38. The van der Waals surface area contributed by atoms with E-state index < -0.39 is 6.04 Å². The van der Waals surface area contributed by atoms with Crippen LogP contribution in [0.4, 0.5) is 0 Å². The first-order valence-electron chi connectivity index (χ1n) is 11.0. The smallest absolute Gasteiger partial charge is 0.262 e. The van der Waals surface area contributed by atoms with E-state index in [2.05, 4.69) is 10.6 Å². The lowest BCUT2D eigenvalue weighted by molar-refractivity contribution is -0.125. The highest BCUT2D eigenvalue weighted by Gasteiger charge is 2.35. The summed E-state index contributed by atoms with van der Waals surface area (Å²) in [6.07, 6.45) is 1.27. The highest BCUT2D eigenvalue weighted by Crippen LogP contribution is 2.24. The number of carbonyl (C=O) groups excluding carboxylic acids is 3. The van der Waals surface area contributed by atoms with E-state index in [9.17, 15) is 14.4 Å². The van der Waals surface area contributed by atoms with Crippen molar-refractivity contribution in [2.75, 3.05) is 13.1 Å². The van der Waals surface area contributed by atoms with Crippen molar-refractivity contribution in [3.63, 3.8) is 0 Å². The lowest BCUT2D eigenvalue weighted by Crippen LogP contribution is -2.55. The van der Waals surface area contributed by atoms with Gasteiger partial charge in [0, 0.05) is 29.7 Å². The van der Waals surface area contributed by atoms with Gasteiger partial charge in [0.25, 0.3) is 11.8 Å². The van der Waals surface area contributed by atoms with E-state index in [0.29, 0.717) is 41.4 Å². The third-order valence-corrected chi connectivity index (χ3v) is 7.19. The number of nitrogens with zero attached hydrogens (tertiary/aromatic N) is 1.